The Morgan fingerprint density at radius 3 is 2.51 bits per heavy atom. The molecule has 63 heavy (non-hydrogen) atoms. The van der Waals surface area contributed by atoms with Crippen LogP contribution in [-0.4, -0.2) is 90.1 Å². The van der Waals surface area contributed by atoms with Gasteiger partial charge in [0.25, 0.3) is 11.8 Å². The maximum absolute atomic E-state index is 13.8. The van der Waals surface area contributed by atoms with Gasteiger partial charge in [-0.25, -0.2) is 4.98 Å². The van der Waals surface area contributed by atoms with E-state index >= 15 is 0 Å². The second kappa shape index (κ2) is 18.3. The van der Waals surface area contributed by atoms with E-state index in [2.05, 4.69) is 21.9 Å². The van der Waals surface area contributed by atoms with Gasteiger partial charge in [0.1, 0.15) is 23.0 Å². The summed E-state index contributed by atoms with van der Waals surface area (Å²) in [6.45, 7) is 12.2. The zero-order valence-corrected chi connectivity index (χ0v) is 36.6. The van der Waals surface area contributed by atoms with E-state index in [0.717, 1.165) is 22.1 Å². The average molecular weight is 855 g/mol. The lowest BCUT2D eigenvalue weighted by molar-refractivity contribution is -0.128. The summed E-state index contributed by atoms with van der Waals surface area (Å²) in [6.07, 6.45) is 8.28. The number of aromatic nitrogens is 4. The molecule has 2 amide bonds. The van der Waals surface area contributed by atoms with Crippen LogP contribution >= 0.6 is 0 Å². The van der Waals surface area contributed by atoms with Crippen molar-refractivity contribution in [3.05, 3.63) is 107 Å². The number of nitrogens with zero attached hydrogens (tertiary/aromatic N) is 6. The summed E-state index contributed by atoms with van der Waals surface area (Å²) in [6, 6.07) is 11.9. The molecule has 7 rings (SSSR count). The van der Waals surface area contributed by atoms with Crippen molar-refractivity contribution in [3.8, 4) is 5.75 Å². The number of ketones is 3. The minimum atomic E-state index is -0.592. The number of rotatable bonds is 17. The number of imidazole rings is 1. The van der Waals surface area contributed by atoms with E-state index in [0.29, 0.717) is 53.2 Å². The van der Waals surface area contributed by atoms with E-state index < -0.39 is 12.0 Å². The minimum absolute atomic E-state index is 0.00237. The molecule has 2 aliphatic heterocycles. The largest absolute Gasteiger partial charge is 0.493 e. The first kappa shape index (κ1) is 44.3. The van der Waals surface area contributed by atoms with Gasteiger partial charge in [-0.1, -0.05) is 39.0 Å². The van der Waals surface area contributed by atoms with Crippen LogP contribution in [0.15, 0.2) is 78.2 Å². The fourth-order valence-corrected chi connectivity index (χ4v) is 8.13. The summed E-state index contributed by atoms with van der Waals surface area (Å²) < 4.78 is 10.8. The highest BCUT2D eigenvalue weighted by atomic mass is 16.5. The molecular weight excluding hydrogens is 801 g/mol. The predicted octanol–water partition coefficient (Wildman–Crippen LogP) is 6.11. The van der Waals surface area contributed by atoms with E-state index in [4.69, 9.17) is 10.5 Å². The molecule has 0 aliphatic carbocycles. The van der Waals surface area contributed by atoms with Crippen LogP contribution in [-0.2, 0) is 41.3 Å². The first-order valence-electron chi connectivity index (χ1n) is 21.2. The van der Waals surface area contributed by atoms with Gasteiger partial charge in [-0.05, 0) is 72.7 Å². The predicted molar refractivity (Wildman–Crippen MR) is 240 cm³/mol. The number of carbonyl (C=O) groups is 6. The number of nitrogens with two attached hydrogens (primary N) is 1. The zero-order valence-electron chi connectivity index (χ0n) is 36.6. The molecule has 5 aromatic rings. The van der Waals surface area contributed by atoms with Crippen LogP contribution in [0.4, 0.5) is 11.5 Å². The maximum atomic E-state index is 13.8. The molecule has 5 heterocycles. The normalized spacial score (nSPS) is 15.6. The first-order chi connectivity index (χ1) is 30.0. The van der Waals surface area contributed by atoms with Gasteiger partial charge in [-0.2, -0.15) is 0 Å². The Hall–Kier alpha value is -6.74. The molecular formula is C48H54N8O7. The number of amides is 2. The van der Waals surface area contributed by atoms with Gasteiger partial charge in [-0.3, -0.25) is 38.3 Å². The van der Waals surface area contributed by atoms with Crippen LogP contribution in [0.25, 0.3) is 10.9 Å². The molecule has 1 saturated heterocycles. The first-order valence-corrected chi connectivity index (χ1v) is 21.2. The van der Waals surface area contributed by atoms with Crippen LogP contribution in [0.3, 0.4) is 0 Å². The number of carbonyl (C=O) groups excluding carboxylic acids is 6. The number of ether oxygens (including phenoxy) is 1. The van der Waals surface area contributed by atoms with Crippen molar-refractivity contribution in [2.75, 3.05) is 18.5 Å². The van der Waals surface area contributed by atoms with E-state index in [1.54, 1.807) is 84.1 Å². The van der Waals surface area contributed by atoms with Gasteiger partial charge >= 0.3 is 0 Å². The summed E-state index contributed by atoms with van der Waals surface area (Å²) in [5.74, 6) is -0.580. The van der Waals surface area contributed by atoms with Gasteiger partial charge in [0.15, 0.2) is 11.6 Å². The number of benzene rings is 2. The topological polar surface area (TPSA) is 193 Å². The molecule has 15 nitrogen and oxygen atoms in total. The van der Waals surface area contributed by atoms with Gasteiger partial charge in [0.05, 0.1) is 35.5 Å². The van der Waals surface area contributed by atoms with Crippen LogP contribution in [0.2, 0.25) is 0 Å². The van der Waals surface area contributed by atoms with Crippen molar-refractivity contribution in [1.82, 2.24) is 23.6 Å². The van der Waals surface area contributed by atoms with Crippen molar-refractivity contribution >= 4 is 63.7 Å². The Bertz CT molecular complexity index is 2700. The number of hydrogen-bond acceptors (Lipinski definition) is 10. The maximum Gasteiger partial charge on any atom is 0.278 e. The zero-order chi connectivity index (χ0) is 45.3. The molecule has 0 spiro atoms. The number of Topliss-reactive ketones (excluding diaryl/α,β-unsaturated/α-hetero) is 3. The quantitative estimate of drug-likeness (QED) is 0.0631. The SMILES string of the molecule is C=C1C[C@H]2C=Nc3cc(OCCCC(=O)Nc4cn(C)c(C(=O)Cc5cc(C(=O)n6ccc7cc(CC(=O)[C@H](C)CC(=O)[C@@H](N)C(C)C)ccc76)n(C)c5)n4)c(C)cc3C(=O)N2C1. The third-order valence-electron chi connectivity index (χ3n) is 11.8. The number of anilines is 1. The molecule has 15 heteroatoms. The lowest BCUT2D eigenvalue weighted by Gasteiger charge is -2.20. The average Bonchev–Trinajstić information content (AvgIpc) is 4.01. The highest BCUT2D eigenvalue weighted by Crippen LogP contribution is 2.35. The monoisotopic (exact) mass is 854 g/mol. The molecule has 2 aliphatic rings. The second-order valence-electron chi connectivity index (χ2n) is 17.2. The number of nitrogens with one attached hydrogen (secondary N) is 1. The minimum Gasteiger partial charge on any atom is -0.493 e. The molecule has 328 valence electrons. The van der Waals surface area contributed by atoms with Gasteiger partial charge in [0, 0.05) is 88.5 Å². The highest BCUT2D eigenvalue weighted by Gasteiger charge is 2.34. The third-order valence-corrected chi connectivity index (χ3v) is 11.8. The summed E-state index contributed by atoms with van der Waals surface area (Å²) in [5, 5.41) is 3.55. The van der Waals surface area contributed by atoms with Crippen molar-refractivity contribution in [3.63, 3.8) is 0 Å². The van der Waals surface area contributed by atoms with Crippen LogP contribution in [0.1, 0.15) is 94.6 Å². The molecule has 0 saturated carbocycles. The smallest absolute Gasteiger partial charge is 0.278 e. The van der Waals surface area contributed by atoms with Crippen LogP contribution in [0, 0.1) is 18.8 Å². The fourth-order valence-electron chi connectivity index (χ4n) is 8.13. The van der Waals surface area contributed by atoms with E-state index in [-0.39, 0.29) is 91.0 Å². The molecule has 3 aromatic heterocycles. The van der Waals surface area contributed by atoms with E-state index in [1.807, 2.05) is 39.0 Å². The standard InChI is InChI=1S/C48H54N8O7/c1-27(2)45(49)40(58)17-29(4)39(57)20-31-10-11-37-33(18-31)12-13-55(37)48(62)38-19-32(25-53(38)6)21-41(59)46-52-43(26-54(46)7)51-44(60)9-8-14-63-42-22-36-35(16-30(42)5)47(61)56-24-28(3)15-34(56)23-50-36/h10-13,16,18-19,22-23,25-27,29,34,45H,3,8-9,14-15,17,20-21,24,49H2,1-2,4-7H3,(H,51,60)/t29-,34+,45+/m1/s1. The third kappa shape index (κ3) is 9.68. The Balaban J connectivity index is 0.905. The Morgan fingerprint density at radius 2 is 1.75 bits per heavy atom. The Labute approximate surface area is 366 Å². The van der Waals surface area contributed by atoms with Gasteiger partial charge < -0.3 is 29.8 Å². The Kier molecular flexibility index (Phi) is 12.9. The van der Waals surface area contributed by atoms with Crippen LogP contribution < -0.4 is 15.8 Å². The van der Waals surface area contributed by atoms with Crippen molar-refractivity contribution in [2.45, 2.75) is 78.3 Å². The number of aryl methyl sites for hydroxylation is 3. The molecule has 0 radical (unpaired) electrons. The molecule has 0 bridgehead atoms. The summed E-state index contributed by atoms with van der Waals surface area (Å²) in [4.78, 5) is 89.5. The lowest BCUT2D eigenvalue weighted by atomic mass is 9.90. The fraction of sp³-hybridized carbons (Fsp3) is 0.375. The Morgan fingerprint density at radius 1 is 0.968 bits per heavy atom. The summed E-state index contributed by atoms with van der Waals surface area (Å²) in [5.41, 5.74) is 11.3. The molecule has 2 aromatic carbocycles. The molecule has 3 atom stereocenters. The van der Waals surface area contributed by atoms with Gasteiger partial charge in [-0.15, -0.1) is 0 Å². The number of hydrogen-bond donors (Lipinski definition) is 2. The highest BCUT2D eigenvalue weighted by molar-refractivity contribution is 6.04. The van der Waals surface area contributed by atoms with E-state index in [9.17, 15) is 28.8 Å². The van der Waals surface area contributed by atoms with Crippen molar-refractivity contribution < 1.29 is 33.5 Å². The van der Waals surface area contributed by atoms with Crippen molar-refractivity contribution in [2.24, 2.45) is 36.7 Å². The van der Waals surface area contributed by atoms with Crippen molar-refractivity contribution in [1.29, 1.82) is 0 Å². The summed E-state index contributed by atoms with van der Waals surface area (Å²) in [7, 11) is 3.41. The number of fused-ring (bicyclic) bond motifs is 3. The van der Waals surface area contributed by atoms with Crippen LogP contribution in [0.5, 0.6) is 5.75 Å². The molecule has 0 unspecified atom stereocenters. The molecule has 3 N–H and O–H groups in total. The lowest BCUT2D eigenvalue weighted by Crippen LogP contribution is -2.37. The van der Waals surface area contributed by atoms with Gasteiger partial charge in [0.2, 0.25) is 11.7 Å². The second-order valence-corrected chi connectivity index (χ2v) is 17.2. The molecule has 1 fully saturated rings. The number of aliphatic imine (C=N–C) groups is 1. The van der Waals surface area contributed by atoms with E-state index in [1.165, 1.54) is 4.57 Å². The summed E-state index contributed by atoms with van der Waals surface area (Å²) >= 11 is 0.